The summed E-state index contributed by atoms with van der Waals surface area (Å²) in [6.07, 6.45) is 3.34. The highest BCUT2D eigenvalue weighted by Gasteiger charge is 2.59. The highest BCUT2D eigenvalue weighted by atomic mass is 79.9. The van der Waals surface area contributed by atoms with Gasteiger partial charge in [0, 0.05) is 24.2 Å². The Kier molecular flexibility index (Phi) is 5.22. The number of fused-ring (bicyclic) bond motifs is 2. The summed E-state index contributed by atoms with van der Waals surface area (Å²) in [7, 11) is 0. The zero-order valence-corrected chi connectivity index (χ0v) is 15.2. The van der Waals surface area contributed by atoms with Crippen LogP contribution in [-0.4, -0.2) is 50.5 Å². The lowest BCUT2D eigenvalue weighted by Crippen LogP contribution is -2.51. The van der Waals surface area contributed by atoms with Crippen LogP contribution in [0.5, 0.6) is 0 Å². The maximum Gasteiger partial charge on any atom is 0.410 e. The summed E-state index contributed by atoms with van der Waals surface area (Å²) in [4.78, 5) is 26.4. The fourth-order valence-electron chi connectivity index (χ4n) is 3.53. The first-order valence-corrected chi connectivity index (χ1v) is 9.14. The summed E-state index contributed by atoms with van der Waals surface area (Å²) in [6, 6.07) is -0.548. The number of ether oxygens (including phenoxy) is 1. The van der Waals surface area contributed by atoms with E-state index in [0.29, 0.717) is 25.7 Å². The van der Waals surface area contributed by atoms with Gasteiger partial charge in [-0.05, 0) is 40.0 Å². The van der Waals surface area contributed by atoms with Crippen molar-refractivity contribution in [3.05, 3.63) is 0 Å². The van der Waals surface area contributed by atoms with Gasteiger partial charge in [0.05, 0.1) is 6.04 Å². The van der Waals surface area contributed by atoms with Gasteiger partial charge in [-0.3, -0.25) is 9.69 Å². The number of halogens is 1. The van der Waals surface area contributed by atoms with Crippen LogP contribution in [0.3, 0.4) is 0 Å². The number of amides is 1. The molecule has 1 saturated carbocycles. The quantitative estimate of drug-likeness (QED) is 0.605. The zero-order valence-electron chi connectivity index (χ0n) is 13.6. The van der Waals surface area contributed by atoms with E-state index < -0.39 is 23.3 Å². The third-order valence-corrected chi connectivity index (χ3v) is 5.04. The topological polar surface area (TPSA) is 66.8 Å². The minimum absolute atomic E-state index is 0.0912. The molecule has 1 heterocycles. The summed E-state index contributed by atoms with van der Waals surface area (Å²) in [5.41, 5.74) is -1.97. The first-order chi connectivity index (χ1) is 10.2. The molecule has 3 atom stereocenters. The molecule has 0 aromatic carbocycles. The predicted molar refractivity (Wildman–Crippen MR) is 87.1 cm³/mol. The van der Waals surface area contributed by atoms with Crippen molar-refractivity contribution in [2.75, 3.05) is 5.33 Å². The van der Waals surface area contributed by atoms with Crippen LogP contribution >= 0.6 is 15.9 Å². The molecule has 0 aromatic heterocycles. The Hall–Kier alpha value is -0.620. The molecule has 22 heavy (non-hydrogen) atoms. The van der Waals surface area contributed by atoms with Gasteiger partial charge in [0.2, 0.25) is 0 Å². The predicted octanol–water partition coefficient (Wildman–Crippen LogP) is 3.02. The van der Waals surface area contributed by atoms with Gasteiger partial charge in [-0.15, -0.1) is 0 Å². The molecule has 2 rings (SSSR count). The number of alkyl halides is 1. The molecule has 0 spiro atoms. The van der Waals surface area contributed by atoms with Crippen LogP contribution < -0.4 is 0 Å². The lowest BCUT2D eigenvalue weighted by atomic mass is 9.80. The molecule has 0 aromatic rings. The Morgan fingerprint density at radius 3 is 2.73 bits per heavy atom. The fraction of sp³-hybridized carbons (Fsp3) is 0.875. The standard InChI is InChI=1S/C16H26BrNO4/c1-15(2,3)22-14(20)18-11-7-8-13(19)16(21,10-11)12(18)6-4-5-9-17/h11-12,21H,4-10H2,1-3H3/t11-,12-,16-/m1/s1. The summed E-state index contributed by atoms with van der Waals surface area (Å²) in [5, 5.41) is 11.7. The minimum atomic E-state index is -1.38. The van der Waals surface area contributed by atoms with E-state index in [-0.39, 0.29) is 11.8 Å². The molecule has 2 fully saturated rings. The first-order valence-electron chi connectivity index (χ1n) is 8.02. The third-order valence-electron chi connectivity index (χ3n) is 4.48. The van der Waals surface area contributed by atoms with Crippen LogP contribution in [0.15, 0.2) is 0 Å². The maximum atomic E-state index is 12.6. The van der Waals surface area contributed by atoms with Gasteiger partial charge in [0.15, 0.2) is 5.78 Å². The smallest absolute Gasteiger partial charge is 0.410 e. The Bertz CT molecular complexity index is 448. The van der Waals surface area contributed by atoms with Crippen molar-refractivity contribution in [3.63, 3.8) is 0 Å². The second-order valence-electron chi connectivity index (χ2n) is 7.33. The number of carbonyl (C=O) groups is 2. The van der Waals surface area contributed by atoms with Gasteiger partial charge >= 0.3 is 6.09 Å². The van der Waals surface area contributed by atoms with Gasteiger partial charge in [-0.1, -0.05) is 22.4 Å². The zero-order chi connectivity index (χ0) is 16.5. The average molecular weight is 376 g/mol. The molecule has 1 saturated heterocycles. The van der Waals surface area contributed by atoms with E-state index in [9.17, 15) is 14.7 Å². The van der Waals surface area contributed by atoms with Gasteiger partial charge in [0.1, 0.15) is 11.2 Å². The van der Waals surface area contributed by atoms with E-state index in [0.717, 1.165) is 18.2 Å². The van der Waals surface area contributed by atoms with Crippen molar-refractivity contribution in [1.82, 2.24) is 4.90 Å². The number of hydrogen-bond acceptors (Lipinski definition) is 4. The minimum Gasteiger partial charge on any atom is -0.444 e. The number of carbonyl (C=O) groups excluding carboxylic acids is 2. The Morgan fingerprint density at radius 2 is 2.14 bits per heavy atom. The normalized spacial score (nSPS) is 31.5. The third kappa shape index (κ3) is 3.48. The number of Topliss-reactive ketones (excluding diaryl/α,β-unsaturated/α-hetero) is 1. The van der Waals surface area contributed by atoms with E-state index in [2.05, 4.69) is 15.9 Å². The molecule has 1 amide bonds. The lowest BCUT2D eigenvalue weighted by molar-refractivity contribution is -0.140. The number of ketones is 1. The van der Waals surface area contributed by atoms with E-state index in [1.165, 1.54) is 0 Å². The Morgan fingerprint density at radius 1 is 1.45 bits per heavy atom. The van der Waals surface area contributed by atoms with Crippen molar-refractivity contribution < 1.29 is 19.4 Å². The molecule has 5 nitrogen and oxygen atoms in total. The summed E-state index contributed by atoms with van der Waals surface area (Å²) in [6.45, 7) is 5.48. The average Bonchev–Trinajstić information content (AvgIpc) is 2.63. The molecule has 1 aliphatic heterocycles. The molecular formula is C16H26BrNO4. The van der Waals surface area contributed by atoms with E-state index in [1.54, 1.807) is 4.90 Å². The van der Waals surface area contributed by atoms with Gasteiger partial charge in [-0.2, -0.15) is 0 Å². The van der Waals surface area contributed by atoms with Gasteiger partial charge < -0.3 is 9.84 Å². The Balaban J connectivity index is 2.21. The lowest BCUT2D eigenvalue weighted by Gasteiger charge is -2.33. The molecular weight excluding hydrogens is 350 g/mol. The van der Waals surface area contributed by atoms with Crippen LogP contribution in [0.1, 0.15) is 59.3 Å². The first kappa shape index (κ1) is 17.7. The molecule has 1 aliphatic carbocycles. The van der Waals surface area contributed by atoms with Crippen molar-refractivity contribution in [3.8, 4) is 0 Å². The molecule has 2 bridgehead atoms. The number of nitrogens with zero attached hydrogens (tertiary/aromatic N) is 1. The number of aliphatic hydroxyl groups is 1. The summed E-state index contributed by atoms with van der Waals surface area (Å²) >= 11 is 3.39. The Labute approximate surface area is 140 Å². The van der Waals surface area contributed by atoms with Crippen molar-refractivity contribution in [2.45, 2.75) is 82.6 Å². The van der Waals surface area contributed by atoms with Crippen LogP contribution in [0.2, 0.25) is 0 Å². The maximum absolute atomic E-state index is 12.6. The van der Waals surface area contributed by atoms with Crippen molar-refractivity contribution in [1.29, 1.82) is 0 Å². The van der Waals surface area contributed by atoms with E-state index in [1.807, 2.05) is 20.8 Å². The number of unbranched alkanes of at least 4 members (excludes halogenated alkanes) is 1. The van der Waals surface area contributed by atoms with Gasteiger partial charge in [-0.25, -0.2) is 4.79 Å². The molecule has 0 radical (unpaired) electrons. The van der Waals surface area contributed by atoms with E-state index in [4.69, 9.17) is 4.74 Å². The highest BCUT2D eigenvalue weighted by molar-refractivity contribution is 9.09. The van der Waals surface area contributed by atoms with Crippen LogP contribution in [0, 0.1) is 0 Å². The summed E-state index contributed by atoms with van der Waals surface area (Å²) < 4.78 is 5.50. The van der Waals surface area contributed by atoms with Crippen LogP contribution in [0.4, 0.5) is 4.79 Å². The molecule has 2 aliphatic rings. The second kappa shape index (κ2) is 6.48. The molecule has 1 N–H and O–H groups in total. The largest absolute Gasteiger partial charge is 0.444 e. The molecule has 126 valence electrons. The molecule has 0 unspecified atom stereocenters. The van der Waals surface area contributed by atoms with E-state index >= 15 is 0 Å². The van der Waals surface area contributed by atoms with Crippen LogP contribution in [-0.2, 0) is 9.53 Å². The van der Waals surface area contributed by atoms with Crippen molar-refractivity contribution >= 4 is 27.8 Å². The van der Waals surface area contributed by atoms with Crippen LogP contribution in [0.25, 0.3) is 0 Å². The van der Waals surface area contributed by atoms with Crippen molar-refractivity contribution in [2.24, 2.45) is 0 Å². The highest BCUT2D eigenvalue weighted by Crippen LogP contribution is 2.44. The number of rotatable bonds is 4. The summed E-state index contributed by atoms with van der Waals surface area (Å²) in [5.74, 6) is -0.126. The fourth-order valence-corrected chi connectivity index (χ4v) is 3.93. The number of hydrogen-bond donors (Lipinski definition) is 1. The van der Waals surface area contributed by atoms with Gasteiger partial charge in [0.25, 0.3) is 0 Å². The molecule has 6 heteroatoms. The monoisotopic (exact) mass is 375 g/mol. The second-order valence-corrected chi connectivity index (χ2v) is 8.13. The number of likely N-dealkylation sites (tertiary alicyclic amines) is 1. The SMILES string of the molecule is CC(C)(C)OC(=O)N1[C@@H]2CCC(=O)[C@@](O)(C2)[C@H]1CCCCBr.